The Morgan fingerprint density at radius 2 is 2.40 bits per heavy atom. The molecule has 0 radical (unpaired) electrons. The van der Waals surface area contributed by atoms with Crippen molar-refractivity contribution in [2.45, 2.75) is 6.42 Å². The first-order chi connectivity index (χ1) is 7.17. The standard InChI is InChI=1S/C10H9ClN2O2/c1-15-9-2-3-10(11)7(5-9)4-8(14)6-13-12/h2-3,5-6H,4H2,1H3. The molecule has 0 heterocycles. The van der Waals surface area contributed by atoms with Crippen molar-refractivity contribution < 1.29 is 14.3 Å². The number of nitrogens with zero attached hydrogens (tertiary/aromatic N) is 2. The predicted molar refractivity (Wildman–Crippen MR) is 56.4 cm³/mol. The Kier molecular flexibility index (Phi) is 4.03. The van der Waals surface area contributed by atoms with Crippen molar-refractivity contribution in [3.63, 3.8) is 0 Å². The monoisotopic (exact) mass is 224 g/mol. The van der Waals surface area contributed by atoms with Crippen LogP contribution in [0.25, 0.3) is 5.53 Å². The Morgan fingerprint density at radius 3 is 3.00 bits per heavy atom. The van der Waals surface area contributed by atoms with Crippen LogP contribution < -0.4 is 4.74 Å². The molecule has 0 aliphatic carbocycles. The van der Waals surface area contributed by atoms with Gasteiger partial charge in [0.25, 0.3) is 0 Å². The molecule has 0 bridgehead atoms. The van der Waals surface area contributed by atoms with E-state index in [4.69, 9.17) is 21.9 Å². The topological polar surface area (TPSA) is 62.7 Å². The van der Waals surface area contributed by atoms with Gasteiger partial charge in [-0.2, -0.15) is 4.79 Å². The summed E-state index contributed by atoms with van der Waals surface area (Å²) in [6, 6.07) is 5.03. The normalized spacial score (nSPS) is 9.20. The van der Waals surface area contributed by atoms with Crippen molar-refractivity contribution in [2.75, 3.05) is 7.11 Å². The van der Waals surface area contributed by atoms with Crippen LogP contribution in [0.4, 0.5) is 0 Å². The van der Waals surface area contributed by atoms with Crippen molar-refractivity contribution in [3.05, 3.63) is 34.3 Å². The summed E-state index contributed by atoms with van der Waals surface area (Å²) in [5.74, 6) is 0.302. The molecule has 0 amide bonds. The Labute approximate surface area is 92.1 Å². The number of ketones is 1. The summed E-state index contributed by atoms with van der Waals surface area (Å²) in [5.41, 5.74) is 8.82. The smallest absolute Gasteiger partial charge is 0.323 e. The molecule has 0 fully saturated rings. The average Bonchev–Trinajstić information content (AvgIpc) is 2.21. The van der Waals surface area contributed by atoms with Gasteiger partial charge >= 0.3 is 6.21 Å². The highest BCUT2D eigenvalue weighted by Crippen LogP contribution is 2.22. The van der Waals surface area contributed by atoms with E-state index in [2.05, 4.69) is 4.79 Å². The van der Waals surface area contributed by atoms with Crippen molar-refractivity contribution in [1.82, 2.24) is 0 Å². The van der Waals surface area contributed by atoms with Gasteiger partial charge in [0.15, 0.2) is 0 Å². The summed E-state index contributed by atoms with van der Waals surface area (Å²) in [7, 11) is 1.53. The highest BCUT2D eigenvalue weighted by Gasteiger charge is 2.09. The van der Waals surface area contributed by atoms with Crippen LogP contribution in [0, 0.1) is 0 Å². The Balaban J connectivity index is 2.92. The molecule has 0 aromatic heterocycles. The molecule has 1 aromatic carbocycles. The van der Waals surface area contributed by atoms with Gasteiger partial charge in [0.1, 0.15) is 5.75 Å². The lowest BCUT2D eigenvalue weighted by Crippen LogP contribution is -2.05. The molecular weight excluding hydrogens is 216 g/mol. The number of rotatable bonds is 4. The first kappa shape index (κ1) is 11.4. The van der Waals surface area contributed by atoms with Gasteiger partial charge in [0.2, 0.25) is 5.78 Å². The number of hydrogen-bond acceptors (Lipinski definition) is 2. The second-order valence-corrected chi connectivity index (χ2v) is 3.25. The van der Waals surface area contributed by atoms with Crippen LogP contribution >= 0.6 is 11.6 Å². The van der Waals surface area contributed by atoms with Gasteiger partial charge in [-0.05, 0) is 23.8 Å². The summed E-state index contributed by atoms with van der Waals surface area (Å²) in [4.78, 5) is 13.8. The molecule has 4 nitrogen and oxygen atoms in total. The number of carbonyl (C=O) groups is 1. The third-order valence-electron chi connectivity index (χ3n) is 1.82. The lowest BCUT2D eigenvalue weighted by molar-refractivity contribution is -0.115. The first-order valence-corrected chi connectivity index (χ1v) is 4.58. The maximum absolute atomic E-state index is 11.2. The molecule has 15 heavy (non-hydrogen) atoms. The summed E-state index contributed by atoms with van der Waals surface area (Å²) >= 11 is 5.88. The minimum absolute atomic E-state index is 0.0834. The lowest BCUT2D eigenvalue weighted by atomic mass is 10.1. The van der Waals surface area contributed by atoms with Crippen molar-refractivity contribution >= 4 is 23.6 Å². The quantitative estimate of drug-likeness (QED) is 0.444. The molecule has 0 aliphatic heterocycles. The lowest BCUT2D eigenvalue weighted by Gasteiger charge is -2.04. The minimum Gasteiger partial charge on any atom is -0.497 e. The molecule has 0 saturated carbocycles. The third kappa shape index (κ3) is 3.20. The summed E-state index contributed by atoms with van der Waals surface area (Å²) < 4.78 is 5.00. The van der Waals surface area contributed by atoms with Gasteiger partial charge in [-0.15, -0.1) is 0 Å². The van der Waals surface area contributed by atoms with Crippen LogP contribution in [-0.2, 0) is 11.2 Å². The average molecular weight is 225 g/mol. The fourth-order valence-electron chi connectivity index (χ4n) is 1.11. The number of halogens is 1. The SMILES string of the molecule is COc1ccc(Cl)c(CC(=O)C=[N+]=[N-])c1. The van der Waals surface area contributed by atoms with Gasteiger partial charge in [-0.25, -0.2) is 0 Å². The summed E-state index contributed by atoms with van der Waals surface area (Å²) in [5, 5.41) is 0.482. The molecule has 0 aliphatic rings. The van der Waals surface area contributed by atoms with E-state index in [-0.39, 0.29) is 12.2 Å². The van der Waals surface area contributed by atoms with Gasteiger partial charge < -0.3 is 10.3 Å². The van der Waals surface area contributed by atoms with E-state index in [1.54, 1.807) is 18.2 Å². The number of hydrogen-bond donors (Lipinski definition) is 0. The molecule has 0 spiro atoms. The number of methoxy groups -OCH3 is 1. The van der Waals surface area contributed by atoms with Crippen molar-refractivity contribution in [3.8, 4) is 5.75 Å². The van der Waals surface area contributed by atoms with Crippen LogP contribution in [0.15, 0.2) is 18.2 Å². The molecule has 1 rings (SSSR count). The third-order valence-corrected chi connectivity index (χ3v) is 2.19. The van der Waals surface area contributed by atoms with Crippen molar-refractivity contribution in [2.24, 2.45) is 0 Å². The Hall–Kier alpha value is -1.64. The molecular formula is C10H9ClN2O2. The van der Waals surface area contributed by atoms with Crippen LogP contribution in [0.2, 0.25) is 5.02 Å². The molecule has 0 saturated heterocycles. The zero-order valence-electron chi connectivity index (χ0n) is 8.11. The largest absolute Gasteiger partial charge is 0.497 e. The minimum atomic E-state index is -0.326. The maximum Gasteiger partial charge on any atom is 0.323 e. The molecule has 78 valence electrons. The van der Waals surface area contributed by atoms with Crippen LogP contribution in [0.1, 0.15) is 5.56 Å². The zero-order chi connectivity index (χ0) is 11.3. The van der Waals surface area contributed by atoms with Crippen LogP contribution in [-0.4, -0.2) is 23.9 Å². The van der Waals surface area contributed by atoms with Gasteiger partial charge in [-0.3, -0.25) is 4.79 Å². The van der Waals surface area contributed by atoms with E-state index in [1.807, 2.05) is 0 Å². The molecule has 0 unspecified atom stereocenters. The first-order valence-electron chi connectivity index (χ1n) is 4.20. The van der Waals surface area contributed by atoms with E-state index in [9.17, 15) is 4.79 Å². The Bertz CT molecular complexity index is 425. The number of Topliss-reactive ketones (excluding diaryl/α,β-unsaturated/α-hetero) is 1. The highest BCUT2D eigenvalue weighted by atomic mass is 35.5. The van der Waals surface area contributed by atoms with Gasteiger partial charge in [0, 0.05) is 11.4 Å². The van der Waals surface area contributed by atoms with E-state index >= 15 is 0 Å². The summed E-state index contributed by atoms with van der Waals surface area (Å²) in [6.45, 7) is 0. The zero-order valence-corrected chi connectivity index (χ0v) is 8.86. The molecule has 0 atom stereocenters. The van der Waals surface area contributed by atoms with Crippen molar-refractivity contribution in [1.29, 1.82) is 0 Å². The fourth-order valence-corrected chi connectivity index (χ4v) is 1.30. The Morgan fingerprint density at radius 1 is 1.67 bits per heavy atom. The predicted octanol–water partition coefficient (Wildman–Crippen LogP) is 1.76. The summed E-state index contributed by atoms with van der Waals surface area (Å²) in [6.07, 6.45) is 0.926. The highest BCUT2D eigenvalue weighted by molar-refractivity contribution is 6.32. The van der Waals surface area contributed by atoms with E-state index in [0.717, 1.165) is 6.21 Å². The molecule has 5 heteroatoms. The second kappa shape index (κ2) is 5.29. The van der Waals surface area contributed by atoms with Crippen LogP contribution in [0.5, 0.6) is 5.75 Å². The maximum atomic E-state index is 11.2. The number of benzene rings is 1. The molecule has 1 aromatic rings. The number of carbonyl (C=O) groups excluding carboxylic acids is 1. The van der Waals surface area contributed by atoms with E-state index in [0.29, 0.717) is 16.3 Å². The second-order valence-electron chi connectivity index (χ2n) is 2.84. The fraction of sp³-hybridized carbons (Fsp3) is 0.200. The molecule has 0 N–H and O–H groups in total. The van der Waals surface area contributed by atoms with Gasteiger partial charge in [-0.1, -0.05) is 11.6 Å². The van der Waals surface area contributed by atoms with Crippen LogP contribution in [0.3, 0.4) is 0 Å². The van der Waals surface area contributed by atoms with Gasteiger partial charge in [0.05, 0.1) is 7.11 Å². The number of ether oxygens (including phenoxy) is 1. The van der Waals surface area contributed by atoms with E-state index < -0.39 is 0 Å². The van der Waals surface area contributed by atoms with E-state index in [1.165, 1.54) is 7.11 Å².